The lowest BCUT2D eigenvalue weighted by Gasteiger charge is -2.27. The van der Waals surface area contributed by atoms with Crippen LogP contribution in [0.2, 0.25) is 0 Å². The average molecular weight is 412 g/mol. The SMILES string of the molecule is Cc1ccn2nc([C@@H]3CCCN3c3ncnc4nc[nH]c34)n(-c3ccccc3)c(=O)c12. The summed E-state index contributed by atoms with van der Waals surface area (Å²) in [4.78, 5) is 32.1. The molecule has 0 amide bonds. The third-order valence-corrected chi connectivity index (χ3v) is 5.95. The van der Waals surface area contributed by atoms with Gasteiger partial charge < -0.3 is 9.88 Å². The van der Waals surface area contributed by atoms with Gasteiger partial charge >= 0.3 is 0 Å². The van der Waals surface area contributed by atoms with Gasteiger partial charge in [-0.2, -0.15) is 5.10 Å². The van der Waals surface area contributed by atoms with Crippen LogP contribution >= 0.6 is 0 Å². The second-order valence-corrected chi connectivity index (χ2v) is 7.78. The van der Waals surface area contributed by atoms with E-state index in [1.807, 2.05) is 49.5 Å². The molecule has 1 N–H and O–H groups in total. The van der Waals surface area contributed by atoms with Gasteiger partial charge in [-0.25, -0.2) is 19.5 Å². The van der Waals surface area contributed by atoms with Crippen molar-refractivity contribution in [3.8, 4) is 5.69 Å². The molecule has 5 aromatic rings. The van der Waals surface area contributed by atoms with Crippen molar-refractivity contribution in [1.82, 2.24) is 34.1 Å². The molecule has 0 radical (unpaired) electrons. The van der Waals surface area contributed by atoms with Crippen molar-refractivity contribution in [3.63, 3.8) is 0 Å². The maximum Gasteiger partial charge on any atom is 0.282 e. The molecule has 1 saturated heterocycles. The highest BCUT2D eigenvalue weighted by atomic mass is 16.1. The molecular weight excluding hydrogens is 392 g/mol. The Kier molecular flexibility index (Phi) is 3.89. The second-order valence-electron chi connectivity index (χ2n) is 7.78. The van der Waals surface area contributed by atoms with Crippen molar-refractivity contribution in [3.05, 3.63) is 77.0 Å². The summed E-state index contributed by atoms with van der Waals surface area (Å²) >= 11 is 0. The molecule has 1 fully saturated rings. The third-order valence-electron chi connectivity index (χ3n) is 5.95. The van der Waals surface area contributed by atoms with Gasteiger partial charge in [0.25, 0.3) is 5.56 Å². The fourth-order valence-corrected chi connectivity index (χ4v) is 4.53. The number of hydrogen-bond donors (Lipinski definition) is 1. The van der Waals surface area contributed by atoms with E-state index in [1.54, 1.807) is 15.4 Å². The van der Waals surface area contributed by atoms with Crippen LogP contribution in [0.15, 0.2) is 60.0 Å². The number of nitrogens with zero attached hydrogens (tertiary/aromatic N) is 7. The van der Waals surface area contributed by atoms with E-state index in [0.29, 0.717) is 17.0 Å². The van der Waals surface area contributed by atoms with E-state index in [2.05, 4.69) is 24.8 Å². The number of aryl methyl sites for hydroxylation is 1. The summed E-state index contributed by atoms with van der Waals surface area (Å²) in [5.41, 5.74) is 3.66. The Labute approximate surface area is 177 Å². The summed E-state index contributed by atoms with van der Waals surface area (Å²) in [5.74, 6) is 1.48. The summed E-state index contributed by atoms with van der Waals surface area (Å²) in [6.45, 7) is 2.74. The molecule has 4 aromatic heterocycles. The van der Waals surface area contributed by atoms with Crippen molar-refractivity contribution in [2.75, 3.05) is 11.4 Å². The van der Waals surface area contributed by atoms with E-state index in [9.17, 15) is 4.79 Å². The number of hydrogen-bond acceptors (Lipinski definition) is 6. The van der Waals surface area contributed by atoms with Crippen LogP contribution in [0.5, 0.6) is 0 Å². The first-order valence-electron chi connectivity index (χ1n) is 10.3. The second kappa shape index (κ2) is 6.76. The molecule has 154 valence electrons. The van der Waals surface area contributed by atoms with Crippen molar-refractivity contribution in [1.29, 1.82) is 0 Å². The molecule has 1 atom stereocenters. The van der Waals surface area contributed by atoms with E-state index in [-0.39, 0.29) is 11.6 Å². The monoisotopic (exact) mass is 412 g/mol. The van der Waals surface area contributed by atoms with Gasteiger partial charge in [-0.05, 0) is 43.5 Å². The van der Waals surface area contributed by atoms with Crippen LogP contribution in [0, 0.1) is 6.92 Å². The largest absolute Gasteiger partial charge is 0.344 e. The van der Waals surface area contributed by atoms with Crippen LogP contribution < -0.4 is 10.5 Å². The van der Waals surface area contributed by atoms with Gasteiger partial charge in [0.1, 0.15) is 17.4 Å². The molecule has 0 spiro atoms. The standard InChI is InChI=1S/C22H20N8O/c1-14-9-11-29-18(14)22(31)30(15-6-3-2-4-7-15)20(27-29)16-8-5-10-28(16)21-17-19(24-12-23-17)25-13-26-21/h2-4,6-7,9,11-13,16H,5,8,10H2,1H3,(H,23,24,25,26)/t16-/m0/s1. The highest BCUT2D eigenvalue weighted by Gasteiger charge is 2.33. The first-order valence-corrected chi connectivity index (χ1v) is 10.3. The molecule has 1 aliphatic heterocycles. The summed E-state index contributed by atoms with van der Waals surface area (Å²) in [7, 11) is 0. The topological polar surface area (TPSA) is 97.0 Å². The van der Waals surface area contributed by atoms with Crippen molar-refractivity contribution in [2.45, 2.75) is 25.8 Å². The minimum absolute atomic E-state index is 0.0695. The minimum atomic E-state index is -0.110. The van der Waals surface area contributed by atoms with E-state index in [4.69, 9.17) is 5.10 Å². The molecule has 6 rings (SSSR count). The first-order chi connectivity index (χ1) is 15.2. The summed E-state index contributed by atoms with van der Waals surface area (Å²) in [6.07, 6.45) is 6.84. The van der Waals surface area contributed by atoms with Gasteiger partial charge in [0, 0.05) is 12.7 Å². The number of nitrogens with one attached hydrogen (secondary N) is 1. The van der Waals surface area contributed by atoms with Gasteiger partial charge in [-0.1, -0.05) is 18.2 Å². The van der Waals surface area contributed by atoms with Gasteiger partial charge in [-0.15, -0.1) is 0 Å². The molecule has 9 heteroatoms. The smallest absolute Gasteiger partial charge is 0.282 e. The van der Waals surface area contributed by atoms with E-state index < -0.39 is 0 Å². The summed E-state index contributed by atoms with van der Waals surface area (Å²) in [6, 6.07) is 11.5. The molecule has 0 saturated carbocycles. The Hall–Kier alpha value is -4.01. The zero-order chi connectivity index (χ0) is 20.9. The Balaban J connectivity index is 1.60. The highest BCUT2D eigenvalue weighted by molar-refractivity contribution is 5.83. The number of benzene rings is 1. The van der Waals surface area contributed by atoms with Gasteiger partial charge in [0.15, 0.2) is 17.3 Å². The number of aromatic nitrogens is 7. The number of rotatable bonds is 3. The van der Waals surface area contributed by atoms with Crippen LogP contribution in [-0.4, -0.2) is 40.7 Å². The molecule has 9 nitrogen and oxygen atoms in total. The number of anilines is 1. The van der Waals surface area contributed by atoms with Crippen molar-refractivity contribution < 1.29 is 0 Å². The fraction of sp³-hybridized carbons (Fsp3) is 0.227. The number of H-pyrrole nitrogens is 1. The van der Waals surface area contributed by atoms with Crippen LogP contribution in [0.3, 0.4) is 0 Å². The zero-order valence-corrected chi connectivity index (χ0v) is 16.9. The molecule has 0 bridgehead atoms. The maximum atomic E-state index is 13.6. The molecular formula is C22H20N8O. The van der Waals surface area contributed by atoms with Crippen LogP contribution in [0.1, 0.15) is 30.3 Å². The molecule has 1 aliphatic rings. The molecule has 5 heterocycles. The highest BCUT2D eigenvalue weighted by Crippen LogP contribution is 2.36. The molecule has 0 unspecified atom stereocenters. The van der Waals surface area contributed by atoms with Crippen LogP contribution in [0.25, 0.3) is 22.4 Å². The number of aromatic amines is 1. The van der Waals surface area contributed by atoms with Crippen LogP contribution in [0.4, 0.5) is 5.82 Å². The van der Waals surface area contributed by atoms with Crippen LogP contribution in [-0.2, 0) is 0 Å². The quantitative estimate of drug-likeness (QED) is 0.489. The normalized spacial score (nSPS) is 16.5. The zero-order valence-electron chi connectivity index (χ0n) is 16.9. The Morgan fingerprint density at radius 1 is 1.10 bits per heavy atom. The summed E-state index contributed by atoms with van der Waals surface area (Å²) in [5, 5.41) is 4.93. The Bertz CT molecular complexity index is 1470. The minimum Gasteiger partial charge on any atom is -0.344 e. The van der Waals surface area contributed by atoms with Crippen molar-refractivity contribution in [2.24, 2.45) is 0 Å². The number of para-hydroxylation sites is 1. The molecule has 1 aromatic carbocycles. The lowest BCUT2D eigenvalue weighted by molar-refractivity contribution is 0.601. The lowest BCUT2D eigenvalue weighted by Crippen LogP contribution is -2.33. The summed E-state index contributed by atoms with van der Waals surface area (Å²) < 4.78 is 3.45. The van der Waals surface area contributed by atoms with E-state index >= 15 is 0 Å². The predicted octanol–water partition coefficient (Wildman–Crippen LogP) is 2.80. The third kappa shape index (κ3) is 2.66. The first kappa shape index (κ1) is 17.8. The van der Waals surface area contributed by atoms with Gasteiger partial charge in [0.05, 0.1) is 18.1 Å². The lowest BCUT2D eigenvalue weighted by atomic mass is 10.2. The van der Waals surface area contributed by atoms with Gasteiger partial charge in [0.2, 0.25) is 0 Å². The molecule has 0 aliphatic carbocycles. The Morgan fingerprint density at radius 2 is 1.97 bits per heavy atom. The number of fused-ring (bicyclic) bond motifs is 2. The molecule has 31 heavy (non-hydrogen) atoms. The maximum absolute atomic E-state index is 13.6. The Morgan fingerprint density at radius 3 is 2.84 bits per heavy atom. The predicted molar refractivity (Wildman–Crippen MR) is 117 cm³/mol. The number of imidazole rings is 1. The average Bonchev–Trinajstić information content (AvgIpc) is 3.53. The van der Waals surface area contributed by atoms with E-state index in [0.717, 1.165) is 42.0 Å². The van der Waals surface area contributed by atoms with E-state index in [1.165, 1.54) is 6.33 Å². The fourth-order valence-electron chi connectivity index (χ4n) is 4.53. The van der Waals surface area contributed by atoms with Gasteiger partial charge in [-0.3, -0.25) is 9.36 Å². The van der Waals surface area contributed by atoms with Crippen molar-refractivity contribution >= 4 is 22.5 Å².